The molecule has 0 radical (unpaired) electrons. The maximum Gasteiger partial charge on any atom is 0.222 e. The molecule has 0 aliphatic heterocycles. The number of nitrogens with one attached hydrogen (secondary N) is 2. The van der Waals surface area contributed by atoms with Crippen molar-refractivity contribution in [3.05, 3.63) is 66.4 Å². The Hall–Kier alpha value is -3.16. The van der Waals surface area contributed by atoms with Gasteiger partial charge in [-0.25, -0.2) is 13.9 Å². The normalized spacial score (nSPS) is 13.8. The molecule has 0 saturated heterocycles. The van der Waals surface area contributed by atoms with Crippen LogP contribution in [0.2, 0.25) is 0 Å². The number of aromatic nitrogens is 2. The Balaban J connectivity index is 1.74. The van der Waals surface area contributed by atoms with Gasteiger partial charge in [0, 0.05) is 17.7 Å². The zero-order valence-electron chi connectivity index (χ0n) is 21.8. The summed E-state index contributed by atoms with van der Waals surface area (Å²) in [6.45, 7) is 11.7. The summed E-state index contributed by atoms with van der Waals surface area (Å²) >= 11 is 0. The summed E-state index contributed by atoms with van der Waals surface area (Å²) in [5, 5.41) is 4.84. The van der Waals surface area contributed by atoms with Crippen LogP contribution in [-0.4, -0.2) is 24.8 Å². The van der Waals surface area contributed by atoms with Crippen molar-refractivity contribution in [1.82, 2.24) is 14.7 Å². The summed E-state index contributed by atoms with van der Waals surface area (Å²) in [6, 6.07) is 20.0. The molecule has 2 aromatic heterocycles. The number of carbonyl (C=O) groups is 1. The molecule has 0 aliphatic rings. The number of amides is 1. The minimum Gasteiger partial charge on any atom is -0.311 e. The van der Waals surface area contributed by atoms with Gasteiger partial charge in [0.15, 0.2) is 0 Å². The predicted molar refractivity (Wildman–Crippen MR) is 150 cm³/mol. The monoisotopic (exact) mass is 502 g/mol. The standard InChI is InChI=1S/C29H34N4O2S/c1-18(2)15-27(33-36(35)29(4,5)6)26-14-12-21-16-20(11-13-24(21)31-26)23-17-28(30-19(3)34)32-25-10-8-7-9-22(23)25/h7-14,16-18,27,33H,15H2,1-6H3,(H,30,32,34). The Kier molecular flexibility index (Phi) is 7.52. The van der Waals surface area contributed by atoms with E-state index in [4.69, 9.17) is 4.98 Å². The zero-order valence-corrected chi connectivity index (χ0v) is 22.6. The van der Waals surface area contributed by atoms with Crippen molar-refractivity contribution in [1.29, 1.82) is 0 Å². The van der Waals surface area contributed by atoms with Gasteiger partial charge in [0.25, 0.3) is 0 Å². The zero-order chi connectivity index (χ0) is 26.0. The third-order valence-corrected chi connectivity index (χ3v) is 7.52. The number of hydrogen-bond acceptors (Lipinski definition) is 4. The van der Waals surface area contributed by atoms with Gasteiger partial charge in [-0.05, 0) is 74.6 Å². The lowest BCUT2D eigenvalue weighted by Gasteiger charge is -2.25. The predicted octanol–water partition coefficient (Wildman–Crippen LogP) is 6.55. The molecular weight excluding hydrogens is 468 g/mol. The van der Waals surface area contributed by atoms with E-state index in [0.717, 1.165) is 45.0 Å². The minimum atomic E-state index is -1.19. The van der Waals surface area contributed by atoms with E-state index in [1.807, 2.05) is 63.2 Å². The first kappa shape index (κ1) is 25.9. The Labute approximate surface area is 215 Å². The highest BCUT2D eigenvalue weighted by atomic mass is 32.2. The van der Waals surface area contributed by atoms with Gasteiger partial charge in [-0.1, -0.05) is 44.2 Å². The molecule has 1 amide bonds. The number of rotatable bonds is 7. The second kappa shape index (κ2) is 10.4. The number of benzene rings is 2. The Bertz CT molecular complexity index is 1440. The summed E-state index contributed by atoms with van der Waals surface area (Å²) < 4.78 is 15.8. The molecule has 0 aliphatic carbocycles. The third kappa shape index (κ3) is 5.97. The highest BCUT2D eigenvalue weighted by Gasteiger charge is 2.25. The molecule has 2 heterocycles. The lowest BCUT2D eigenvalue weighted by atomic mass is 9.98. The van der Waals surface area contributed by atoms with Gasteiger partial charge in [0.2, 0.25) is 5.91 Å². The number of anilines is 1. The molecule has 2 aromatic carbocycles. The van der Waals surface area contributed by atoms with Crippen molar-refractivity contribution >= 4 is 44.5 Å². The van der Waals surface area contributed by atoms with Crippen molar-refractivity contribution < 1.29 is 9.00 Å². The molecule has 0 bridgehead atoms. The molecule has 7 heteroatoms. The van der Waals surface area contributed by atoms with Gasteiger partial charge in [0.05, 0.1) is 38.5 Å². The number of carbonyl (C=O) groups excluding carboxylic acids is 1. The summed E-state index contributed by atoms with van der Waals surface area (Å²) in [6.07, 6.45) is 0.841. The van der Waals surface area contributed by atoms with Crippen molar-refractivity contribution in [2.75, 3.05) is 5.32 Å². The average Bonchev–Trinajstić information content (AvgIpc) is 2.81. The van der Waals surface area contributed by atoms with E-state index in [-0.39, 0.29) is 16.7 Å². The average molecular weight is 503 g/mol. The van der Waals surface area contributed by atoms with Gasteiger partial charge in [-0.2, -0.15) is 0 Å². The minimum absolute atomic E-state index is 0.0986. The van der Waals surface area contributed by atoms with Crippen LogP contribution in [0, 0.1) is 5.92 Å². The molecule has 188 valence electrons. The molecule has 0 saturated carbocycles. The van der Waals surface area contributed by atoms with Crippen molar-refractivity contribution in [2.45, 2.75) is 58.8 Å². The molecule has 0 spiro atoms. The van der Waals surface area contributed by atoms with Crippen molar-refractivity contribution in [2.24, 2.45) is 5.92 Å². The number of pyridine rings is 2. The molecular formula is C29H34N4O2S. The van der Waals surface area contributed by atoms with Crippen LogP contribution in [0.1, 0.15) is 59.7 Å². The lowest BCUT2D eigenvalue weighted by molar-refractivity contribution is -0.114. The van der Waals surface area contributed by atoms with E-state index in [9.17, 15) is 9.00 Å². The number of fused-ring (bicyclic) bond motifs is 2. The fourth-order valence-electron chi connectivity index (χ4n) is 4.17. The molecule has 36 heavy (non-hydrogen) atoms. The molecule has 4 rings (SSSR count). The van der Waals surface area contributed by atoms with Crippen LogP contribution in [-0.2, 0) is 15.8 Å². The van der Waals surface area contributed by atoms with Crippen LogP contribution in [0.3, 0.4) is 0 Å². The highest BCUT2D eigenvalue weighted by molar-refractivity contribution is 7.84. The van der Waals surface area contributed by atoms with E-state index in [2.05, 4.69) is 47.1 Å². The van der Waals surface area contributed by atoms with Crippen LogP contribution in [0.4, 0.5) is 5.82 Å². The summed E-state index contributed by atoms with van der Waals surface area (Å²) in [7, 11) is -1.19. The SMILES string of the molecule is CC(=O)Nc1cc(-c2ccc3nc(C(CC(C)C)NS(=O)C(C)(C)C)ccc3c2)c2ccccc2n1. The fraction of sp³-hybridized carbons (Fsp3) is 0.345. The van der Waals surface area contributed by atoms with E-state index >= 15 is 0 Å². The van der Waals surface area contributed by atoms with E-state index in [1.165, 1.54) is 6.92 Å². The maximum absolute atomic E-state index is 12.8. The van der Waals surface area contributed by atoms with E-state index in [0.29, 0.717) is 11.7 Å². The summed E-state index contributed by atoms with van der Waals surface area (Å²) in [4.78, 5) is 21.2. The Morgan fingerprint density at radius 2 is 1.72 bits per heavy atom. The topological polar surface area (TPSA) is 84.0 Å². The second-order valence-electron chi connectivity index (χ2n) is 10.6. The van der Waals surface area contributed by atoms with E-state index in [1.54, 1.807) is 0 Å². The number of para-hydroxylation sites is 1. The maximum atomic E-state index is 12.8. The first-order chi connectivity index (χ1) is 17.0. The second-order valence-corrected chi connectivity index (χ2v) is 12.6. The van der Waals surface area contributed by atoms with Crippen LogP contribution in [0.5, 0.6) is 0 Å². The molecule has 2 unspecified atom stereocenters. The van der Waals surface area contributed by atoms with Crippen LogP contribution in [0.25, 0.3) is 32.9 Å². The molecule has 6 nitrogen and oxygen atoms in total. The molecule has 2 N–H and O–H groups in total. The van der Waals surface area contributed by atoms with Crippen molar-refractivity contribution in [3.63, 3.8) is 0 Å². The third-order valence-electron chi connectivity index (χ3n) is 5.91. The van der Waals surface area contributed by atoms with Gasteiger partial charge in [-0.3, -0.25) is 9.78 Å². The highest BCUT2D eigenvalue weighted by Crippen LogP contribution is 2.33. The first-order valence-electron chi connectivity index (χ1n) is 12.3. The van der Waals surface area contributed by atoms with Crippen LogP contribution >= 0.6 is 0 Å². The largest absolute Gasteiger partial charge is 0.311 e. The summed E-state index contributed by atoms with van der Waals surface area (Å²) in [5.41, 5.74) is 4.61. The fourth-order valence-corrected chi connectivity index (χ4v) is 5.00. The number of nitrogens with zero attached hydrogens (tertiary/aromatic N) is 2. The van der Waals surface area contributed by atoms with Gasteiger partial charge >= 0.3 is 0 Å². The van der Waals surface area contributed by atoms with Crippen LogP contribution in [0.15, 0.2) is 60.7 Å². The quantitative estimate of drug-likeness (QED) is 0.300. The van der Waals surface area contributed by atoms with Crippen molar-refractivity contribution in [3.8, 4) is 11.1 Å². The summed E-state index contributed by atoms with van der Waals surface area (Å²) in [5.74, 6) is 0.798. The van der Waals surface area contributed by atoms with Gasteiger partial charge in [0.1, 0.15) is 5.82 Å². The van der Waals surface area contributed by atoms with Gasteiger partial charge < -0.3 is 5.32 Å². The van der Waals surface area contributed by atoms with E-state index < -0.39 is 11.0 Å². The molecule has 0 fully saturated rings. The Morgan fingerprint density at radius 1 is 0.972 bits per heavy atom. The van der Waals surface area contributed by atoms with Crippen LogP contribution < -0.4 is 10.0 Å². The molecule has 2 atom stereocenters. The molecule has 4 aromatic rings. The Morgan fingerprint density at radius 3 is 2.42 bits per heavy atom. The smallest absolute Gasteiger partial charge is 0.222 e. The lowest BCUT2D eigenvalue weighted by Crippen LogP contribution is -2.36. The first-order valence-corrected chi connectivity index (χ1v) is 13.4. The van der Waals surface area contributed by atoms with Gasteiger partial charge in [-0.15, -0.1) is 0 Å². The number of hydrogen-bond donors (Lipinski definition) is 2.